The summed E-state index contributed by atoms with van der Waals surface area (Å²) in [5.74, 6) is 0.834. The van der Waals surface area contributed by atoms with Crippen LogP contribution >= 0.6 is 0 Å². The number of aromatic nitrogens is 3. The highest BCUT2D eigenvalue weighted by atomic mass is 16.1. The Labute approximate surface area is 123 Å². The first-order chi connectivity index (χ1) is 10.3. The third-order valence-electron chi connectivity index (χ3n) is 2.69. The molecule has 104 valence electrons. The molecule has 4 heteroatoms. The van der Waals surface area contributed by atoms with Crippen LogP contribution in [0.1, 0.15) is 21.7 Å². The van der Waals surface area contributed by atoms with Crippen LogP contribution in [0.15, 0.2) is 73.3 Å². The normalized spacial score (nSPS) is 9.38. The highest BCUT2D eigenvalue weighted by Gasteiger charge is 2.06. The van der Waals surface area contributed by atoms with Gasteiger partial charge < -0.3 is 0 Å². The minimum Gasteiger partial charge on any atom is -0.289 e. The quantitative estimate of drug-likeness (QED) is 0.675. The van der Waals surface area contributed by atoms with E-state index in [1.165, 1.54) is 12.7 Å². The Morgan fingerprint density at radius 2 is 1.19 bits per heavy atom. The van der Waals surface area contributed by atoms with Crippen molar-refractivity contribution in [3.63, 3.8) is 0 Å². The summed E-state index contributed by atoms with van der Waals surface area (Å²) in [7, 11) is 0. The first-order valence-electron chi connectivity index (χ1n) is 6.51. The second-order valence-corrected chi connectivity index (χ2v) is 4.25. The van der Waals surface area contributed by atoms with Crippen LogP contribution in [0.2, 0.25) is 0 Å². The number of carbonyl (C=O) groups is 1. The molecule has 0 unspecified atom stereocenters. The van der Waals surface area contributed by atoms with Gasteiger partial charge in [-0.15, -0.1) is 0 Å². The van der Waals surface area contributed by atoms with Crippen molar-refractivity contribution >= 4 is 5.78 Å². The highest BCUT2D eigenvalue weighted by molar-refractivity contribution is 6.08. The van der Waals surface area contributed by atoms with Crippen molar-refractivity contribution in [3.8, 4) is 0 Å². The molecule has 4 nitrogen and oxygen atoms in total. The molecule has 0 N–H and O–H groups in total. The van der Waals surface area contributed by atoms with Gasteiger partial charge in [0, 0.05) is 11.1 Å². The fourth-order valence-corrected chi connectivity index (χ4v) is 1.64. The second-order valence-electron chi connectivity index (χ2n) is 4.25. The molecule has 3 aromatic rings. The van der Waals surface area contributed by atoms with Gasteiger partial charge in [0.2, 0.25) is 0 Å². The van der Waals surface area contributed by atoms with Crippen LogP contribution in [-0.4, -0.2) is 20.7 Å². The van der Waals surface area contributed by atoms with Crippen molar-refractivity contribution in [3.05, 3.63) is 90.3 Å². The Kier molecular flexibility index (Phi) is 5.29. The van der Waals surface area contributed by atoms with E-state index in [2.05, 4.69) is 15.0 Å². The molecule has 0 bridgehead atoms. The Morgan fingerprint density at radius 1 is 0.762 bits per heavy atom. The van der Waals surface area contributed by atoms with Gasteiger partial charge in [-0.25, -0.2) is 15.0 Å². The molecule has 3 rings (SSSR count). The van der Waals surface area contributed by atoms with E-state index < -0.39 is 0 Å². The van der Waals surface area contributed by atoms with Gasteiger partial charge in [-0.2, -0.15) is 0 Å². The SMILES string of the molecule is Cc1ncncn1.O=C(c1ccccc1)c1ccccc1. The van der Waals surface area contributed by atoms with Gasteiger partial charge >= 0.3 is 0 Å². The zero-order valence-corrected chi connectivity index (χ0v) is 11.7. The Bertz CT molecular complexity index is 629. The maximum atomic E-state index is 11.8. The smallest absolute Gasteiger partial charge is 0.193 e. The first-order valence-corrected chi connectivity index (χ1v) is 6.51. The van der Waals surface area contributed by atoms with E-state index in [1.54, 1.807) is 0 Å². The van der Waals surface area contributed by atoms with Crippen LogP contribution in [0.4, 0.5) is 0 Å². The molecule has 21 heavy (non-hydrogen) atoms. The zero-order chi connectivity index (χ0) is 14.9. The fraction of sp³-hybridized carbons (Fsp3) is 0.0588. The van der Waals surface area contributed by atoms with Gasteiger partial charge in [0.05, 0.1) is 0 Å². The third-order valence-corrected chi connectivity index (χ3v) is 2.69. The average Bonchev–Trinajstić information content (AvgIpc) is 2.57. The van der Waals surface area contributed by atoms with Crippen molar-refractivity contribution in [2.45, 2.75) is 6.92 Å². The van der Waals surface area contributed by atoms with Crippen molar-refractivity contribution in [1.29, 1.82) is 0 Å². The van der Waals surface area contributed by atoms with Crippen LogP contribution < -0.4 is 0 Å². The summed E-state index contributed by atoms with van der Waals surface area (Å²) in [6, 6.07) is 18.6. The van der Waals surface area contributed by atoms with Gasteiger partial charge in [-0.05, 0) is 6.92 Å². The molecular formula is C17H15N3O. The van der Waals surface area contributed by atoms with Crippen LogP contribution in [0.25, 0.3) is 0 Å². The number of benzene rings is 2. The molecule has 0 aliphatic heterocycles. The summed E-state index contributed by atoms with van der Waals surface area (Å²) in [6.07, 6.45) is 2.95. The molecule has 0 radical (unpaired) electrons. The Morgan fingerprint density at radius 3 is 1.52 bits per heavy atom. The van der Waals surface area contributed by atoms with Crippen molar-refractivity contribution in [2.24, 2.45) is 0 Å². The summed E-state index contributed by atoms with van der Waals surface area (Å²) in [5.41, 5.74) is 1.47. The predicted molar refractivity (Wildman–Crippen MR) is 80.9 cm³/mol. The highest BCUT2D eigenvalue weighted by Crippen LogP contribution is 2.08. The van der Waals surface area contributed by atoms with Gasteiger partial charge in [0.25, 0.3) is 0 Å². The molecule has 1 heterocycles. The van der Waals surface area contributed by atoms with Crippen LogP contribution in [0, 0.1) is 6.92 Å². The third kappa shape index (κ3) is 4.62. The van der Waals surface area contributed by atoms with E-state index in [1.807, 2.05) is 67.6 Å². The number of hydrogen-bond donors (Lipinski definition) is 0. The molecule has 0 atom stereocenters. The first kappa shape index (κ1) is 14.5. The molecule has 0 aliphatic carbocycles. The van der Waals surface area contributed by atoms with Gasteiger partial charge in [-0.3, -0.25) is 4.79 Å². The molecule has 0 spiro atoms. The number of hydrogen-bond acceptors (Lipinski definition) is 4. The zero-order valence-electron chi connectivity index (χ0n) is 11.7. The molecular weight excluding hydrogens is 262 g/mol. The summed E-state index contributed by atoms with van der Waals surface area (Å²) < 4.78 is 0. The molecule has 1 aromatic heterocycles. The molecule has 2 aromatic carbocycles. The Hall–Kier alpha value is -2.88. The number of carbonyl (C=O) groups excluding carboxylic acids is 1. The predicted octanol–water partition coefficient (Wildman–Crippen LogP) is 3.10. The van der Waals surface area contributed by atoms with Gasteiger partial charge in [0.15, 0.2) is 5.78 Å². The molecule has 0 fully saturated rings. The number of aryl methyl sites for hydroxylation is 1. The minimum absolute atomic E-state index is 0.0752. The second kappa shape index (κ2) is 7.65. The minimum atomic E-state index is 0.0752. The molecule has 0 saturated heterocycles. The fourth-order valence-electron chi connectivity index (χ4n) is 1.64. The average molecular weight is 277 g/mol. The lowest BCUT2D eigenvalue weighted by Gasteiger charge is -1.99. The maximum absolute atomic E-state index is 11.8. The number of nitrogens with zero attached hydrogens (tertiary/aromatic N) is 3. The standard InChI is InChI=1S/C13H10O.C4H5N3/c14-13(11-7-3-1-4-8-11)12-9-5-2-6-10-12;1-4-6-2-5-3-7-4/h1-10H;2-3H,1H3. The summed E-state index contributed by atoms with van der Waals surface area (Å²) in [4.78, 5) is 23.0. The van der Waals surface area contributed by atoms with Crippen LogP contribution in [-0.2, 0) is 0 Å². The Balaban J connectivity index is 0.000000194. The van der Waals surface area contributed by atoms with Crippen LogP contribution in [0.3, 0.4) is 0 Å². The van der Waals surface area contributed by atoms with Crippen molar-refractivity contribution in [2.75, 3.05) is 0 Å². The van der Waals surface area contributed by atoms with Crippen molar-refractivity contribution < 1.29 is 4.79 Å². The van der Waals surface area contributed by atoms with E-state index >= 15 is 0 Å². The topological polar surface area (TPSA) is 55.7 Å². The maximum Gasteiger partial charge on any atom is 0.193 e. The molecule has 0 aliphatic rings. The molecule has 0 saturated carbocycles. The summed E-state index contributed by atoms with van der Waals surface area (Å²) in [6.45, 7) is 1.82. The van der Waals surface area contributed by atoms with E-state index in [0.29, 0.717) is 0 Å². The lowest BCUT2D eigenvalue weighted by atomic mass is 10.0. The van der Waals surface area contributed by atoms with E-state index in [-0.39, 0.29) is 5.78 Å². The summed E-state index contributed by atoms with van der Waals surface area (Å²) >= 11 is 0. The number of ketones is 1. The van der Waals surface area contributed by atoms with Gasteiger partial charge in [0.1, 0.15) is 18.5 Å². The van der Waals surface area contributed by atoms with Crippen LogP contribution in [0.5, 0.6) is 0 Å². The number of rotatable bonds is 2. The summed E-state index contributed by atoms with van der Waals surface area (Å²) in [5, 5.41) is 0. The lowest BCUT2D eigenvalue weighted by molar-refractivity contribution is 0.103. The lowest BCUT2D eigenvalue weighted by Crippen LogP contribution is -1.99. The van der Waals surface area contributed by atoms with E-state index in [0.717, 1.165) is 17.0 Å². The van der Waals surface area contributed by atoms with E-state index in [4.69, 9.17) is 0 Å². The monoisotopic (exact) mass is 277 g/mol. The largest absolute Gasteiger partial charge is 0.289 e. The van der Waals surface area contributed by atoms with Gasteiger partial charge in [-0.1, -0.05) is 60.7 Å². The molecule has 0 amide bonds. The van der Waals surface area contributed by atoms with Crippen molar-refractivity contribution in [1.82, 2.24) is 15.0 Å². The van der Waals surface area contributed by atoms with E-state index in [9.17, 15) is 4.79 Å².